The molecule has 0 radical (unpaired) electrons. The predicted octanol–water partition coefficient (Wildman–Crippen LogP) is 2.80. The highest BCUT2D eigenvalue weighted by Gasteiger charge is 2.00. The zero-order chi connectivity index (χ0) is 10.3. The van der Waals surface area contributed by atoms with Crippen LogP contribution in [-0.4, -0.2) is 12.4 Å². The van der Waals surface area contributed by atoms with E-state index in [9.17, 15) is 4.79 Å². The average Bonchev–Trinajstić information content (AvgIpc) is 2.11. The molecule has 0 saturated heterocycles. The van der Waals surface area contributed by atoms with Crippen molar-refractivity contribution in [2.45, 2.75) is 13.3 Å². The second-order valence-corrected chi connectivity index (χ2v) is 2.69. The van der Waals surface area contributed by atoms with E-state index in [-0.39, 0.29) is 0 Å². The molecule has 0 saturated carbocycles. The van der Waals surface area contributed by atoms with Crippen LogP contribution in [0.4, 0.5) is 0 Å². The van der Waals surface area contributed by atoms with Gasteiger partial charge in [-0.15, -0.1) is 0 Å². The second kappa shape index (κ2) is 6.49. The summed E-state index contributed by atoms with van der Waals surface area (Å²) in [5.74, 6) is 0.536. The fourth-order valence-corrected chi connectivity index (χ4v) is 0.859. The third-order valence-electron chi connectivity index (χ3n) is 1.48. The van der Waals surface area contributed by atoms with Crippen molar-refractivity contribution in [1.82, 2.24) is 0 Å². The van der Waals surface area contributed by atoms with Crippen LogP contribution < -0.4 is 0 Å². The molecule has 0 aromatic heterocycles. The lowest BCUT2D eigenvalue weighted by Crippen LogP contribution is -1.90. The highest BCUT2D eigenvalue weighted by atomic mass is 35.5. The Bertz CT molecular complexity index is 252. The summed E-state index contributed by atoms with van der Waals surface area (Å²) in [7, 11) is 1.53. The topological polar surface area (TPSA) is 26.3 Å². The molecule has 0 N–H and O–H groups in total. The Labute approximate surface area is 83.5 Å². The molecule has 2 nitrogen and oxygen atoms in total. The van der Waals surface area contributed by atoms with Gasteiger partial charge in [0.2, 0.25) is 5.24 Å². The molecule has 0 aliphatic carbocycles. The fraction of sp³-hybridized carbons (Fsp3) is 0.300. The summed E-state index contributed by atoms with van der Waals surface area (Å²) in [5.41, 5.74) is 0.571. The normalized spacial score (nSPS) is 11.8. The van der Waals surface area contributed by atoms with Gasteiger partial charge in [0.05, 0.1) is 7.11 Å². The van der Waals surface area contributed by atoms with Gasteiger partial charge in [0.1, 0.15) is 5.76 Å². The van der Waals surface area contributed by atoms with Crippen molar-refractivity contribution in [2.75, 3.05) is 7.11 Å². The molecule has 3 heteroatoms. The molecule has 0 heterocycles. The molecule has 0 aliphatic rings. The van der Waals surface area contributed by atoms with Gasteiger partial charge in [-0.2, -0.15) is 0 Å². The molecule has 0 rings (SSSR count). The van der Waals surface area contributed by atoms with E-state index in [2.05, 4.69) is 6.58 Å². The van der Waals surface area contributed by atoms with Gasteiger partial charge in [0.25, 0.3) is 0 Å². The standard InChI is InChI=1S/C10H13ClO2/c1-4-9(10(11)12)7-5-6-8(2)13-3/h5-7H,2,4H2,1,3H3/b6-5-,9-7+. The number of halogens is 1. The largest absolute Gasteiger partial charge is 0.497 e. The smallest absolute Gasteiger partial charge is 0.248 e. The second-order valence-electron chi connectivity index (χ2n) is 2.35. The molecule has 0 aromatic rings. The Morgan fingerprint density at radius 2 is 2.23 bits per heavy atom. The molecule has 0 unspecified atom stereocenters. The Morgan fingerprint density at radius 1 is 1.62 bits per heavy atom. The maximum Gasteiger partial charge on any atom is 0.248 e. The number of hydrogen-bond donors (Lipinski definition) is 0. The lowest BCUT2D eigenvalue weighted by molar-refractivity contribution is -0.108. The van der Waals surface area contributed by atoms with Gasteiger partial charge >= 0.3 is 0 Å². The maximum atomic E-state index is 10.7. The monoisotopic (exact) mass is 200 g/mol. The highest BCUT2D eigenvalue weighted by Crippen LogP contribution is 2.05. The van der Waals surface area contributed by atoms with E-state index in [1.165, 1.54) is 7.11 Å². The first-order valence-corrected chi connectivity index (χ1v) is 4.29. The van der Waals surface area contributed by atoms with Gasteiger partial charge in [-0.3, -0.25) is 4.79 Å². The predicted molar refractivity (Wildman–Crippen MR) is 54.5 cm³/mol. The zero-order valence-corrected chi connectivity index (χ0v) is 8.60. The van der Waals surface area contributed by atoms with E-state index in [0.29, 0.717) is 17.8 Å². The highest BCUT2D eigenvalue weighted by molar-refractivity contribution is 6.67. The van der Waals surface area contributed by atoms with E-state index in [4.69, 9.17) is 16.3 Å². The number of carbonyl (C=O) groups is 1. The van der Waals surface area contributed by atoms with E-state index in [1.807, 2.05) is 6.92 Å². The van der Waals surface area contributed by atoms with Gasteiger partial charge < -0.3 is 4.74 Å². The summed E-state index contributed by atoms with van der Waals surface area (Å²) in [4.78, 5) is 10.7. The first-order chi connectivity index (χ1) is 6.11. The van der Waals surface area contributed by atoms with Crippen molar-refractivity contribution in [3.8, 4) is 0 Å². The minimum Gasteiger partial charge on any atom is -0.497 e. The molecule has 0 aromatic carbocycles. The van der Waals surface area contributed by atoms with Gasteiger partial charge in [-0.05, 0) is 24.1 Å². The summed E-state index contributed by atoms with van der Waals surface area (Å²) in [6.45, 7) is 5.45. The number of hydrogen-bond acceptors (Lipinski definition) is 2. The zero-order valence-electron chi connectivity index (χ0n) is 7.84. The Kier molecular flexibility index (Phi) is 5.98. The van der Waals surface area contributed by atoms with Crippen molar-refractivity contribution < 1.29 is 9.53 Å². The van der Waals surface area contributed by atoms with Gasteiger partial charge in [-0.25, -0.2) is 0 Å². The van der Waals surface area contributed by atoms with Crippen LogP contribution >= 0.6 is 11.6 Å². The first-order valence-electron chi connectivity index (χ1n) is 3.91. The molecule has 0 fully saturated rings. The van der Waals surface area contributed by atoms with Crippen molar-refractivity contribution in [1.29, 1.82) is 0 Å². The Balaban J connectivity index is 4.30. The van der Waals surface area contributed by atoms with Gasteiger partial charge in [0, 0.05) is 5.57 Å². The lowest BCUT2D eigenvalue weighted by atomic mass is 10.2. The average molecular weight is 201 g/mol. The Hall–Kier alpha value is -1.02. The minimum absolute atomic E-state index is 0.421. The number of rotatable bonds is 5. The van der Waals surface area contributed by atoms with Crippen LogP contribution in [0, 0.1) is 0 Å². The minimum atomic E-state index is -0.421. The third kappa shape index (κ3) is 5.26. The van der Waals surface area contributed by atoms with E-state index in [1.54, 1.807) is 18.2 Å². The summed E-state index contributed by atoms with van der Waals surface area (Å²) in [5, 5.41) is -0.421. The van der Waals surface area contributed by atoms with Crippen LogP contribution in [0.15, 0.2) is 36.1 Å². The number of ether oxygens (including phenoxy) is 1. The number of allylic oxidation sites excluding steroid dienone is 4. The molecule has 0 aliphatic heterocycles. The summed E-state index contributed by atoms with van der Waals surface area (Å²) >= 11 is 5.30. The molecule has 0 amide bonds. The van der Waals surface area contributed by atoms with Gasteiger partial charge in [-0.1, -0.05) is 25.7 Å². The molecule has 72 valence electrons. The van der Waals surface area contributed by atoms with E-state index >= 15 is 0 Å². The van der Waals surface area contributed by atoms with Crippen molar-refractivity contribution in [2.24, 2.45) is 0 Å². The van der Waals surface area contributed by atoms with Crippen molar-refractivity contribution in [3.05, 3.63) is 36.1 Å². The molecule has 0 atom stereocenters. The number of methoxy groups -OCH3 is 1. The van der Waals surface area contributed by atoms with Crippen molar-refractivity contribution in [3.63, 3.8) is 0 Å². The summed E-state index contributed by atoms with van der Waals surface area (Å²) in [6, 6.07) is 0. The van der Waals surface area contributed by atoms with E-state index in [0.717, 1.165) is 0 Å². The molecular weight excluding hydrogens is 188 g/mol. The molecule has 13 heavy (non-hydrogen) atoms. The van der Waals surface area contributed by atoms with Crippen LogP contribution in [-0.2, 0) is 9.53 Å². The quantitative estimate of drug-likeness (QED) is 0.295. The lowest BCUT2D eigenvalue weighted by Gasteiger charge is -1.95. The maximum absolute atomic E-state index is 10.7. The first kappa shape index (κ1) is 12.0. The van der Waals surface area contributed by atoms with E-state index < -0.39 is 5.24 Å². The third-order valence-corrected chi connectivity index (χ3v) is 1.72. The van der Waals surface area contributed by atoms with Crippen LogP contribution in [0.1, 0.15) is 13.3 Å². The molecule has 0 spiro atoms. The number of carbonyl (C=O) groups excluding carboxylic acids is 1. The van der Waals surface area contributed by atoms with Gasteiger partial charge in [0.15, 0.2) is 0 Å². The SMILES string of the molecule is C=C(/C=C\C=C(/CC)C(=O)Cl)OC. The Morgan fingerprint density at radius 3 is 2.62 bits per heavy atom. The van der Waals surface area contributed by atoms with Crippen molar-refractivity contribution >= 4 is 16.8 Å². The summed E-state index contributed by atoms with van der Waals surface area (Å²) < 4.78 is 4.80. The van der Waals surface area contributed by atoms with Crippen LogP contribution in [0.3, 0.4) is 0 Å². The molecule has 0 bridgehead atoms. The van der Waals surface area contributed by atoms with Crippen LogP contribution in [0.5, 0.6) is 0 Å². The fourth-order valence-electron chi connectivity index (χ4n) is 0.662. The molecular formula is C10H13ClO2. The van der Waals surface area contributed by atoms with Crippen LogP contribution in [0.25, 0.3) is 0 Å². The summed E-state index contributed by atoms with van der Waals surface area (Å²) in [6.07, 6.45) is 5.62. The van der Waals surface area contributed by atoms with Crippen LogP contribution in [0.2, 0.25) is 0 Å².